The zero-order valence-electron chi connectivity index (χ0n) is 16.4. The Bertz CT molecular complexity index is 890. The number of nitrogens with zero attached hydrogens (tertiary/aromatic N) is 3. The fourth-order valence-corrected chi connectivity index (χ4v) is 2.90. The van der Waals surface area contributed by atoms with Crippen LogP contribution < -0.4 is 9.47 Å². The maximum atomic E-state index is 5.38. The third-order valence-electron chi connectivity index (χ3n) is 4.80. The summed E-state index contributed by atoms with van der Waals surface area (Å²) in [6, 6.07) is 17.7. The predicted molar refractivity (Wildman–Crippen MR) is 108 cm³/mol. The van der Waals surface area contributed by atoms with Gasteiger partial charge in [-0.1, -0.05) is 48.5 Å². The Kier molecular flexibility index (Phi) is 5.72. The number of hydrogen-bond donors (Lipinski definition) is 0. The molecule has 5 heteroatoms. The van der Waals surface area contributed by atoms with Crippen LogP contribution in [0.15, 0.2) is 54.7 Å². The van der Waals surface area contributed by atoms with Crippen LogP contribution in [0.2, 0.25) is 0 Å². The van der Waals surface area contributed by atoms with Crippen molar-refractivity contribution in [2.45, 2.75) is 13.0 Å². The average molecular weight is 363 g/mol. The van der Waals surface area contributed by atoms with Crippen molar-refractivity contribution in [3.05, 3.63) is 60.3 Å². The molecule has 0 aliphatic heterocycles. The van der Waals surface area contributed by atoms with E-state index in [4.69, 9.17) is 9.47 Å². The lowest BCUT2D eigenvalue weighted by molar-refractivity contribution is 0.321. The van der Waals surface area contributed by atoms with Crippen molar-refractivity contribution in [1.29, 1.82) is 0 Å². The second kappa shape index (κ2) is 8.18. The minimum atomic E-state index is 0.291. The molecule has 0 saturated carbocycles. The molecule has 1 heterocycles. The number of hydrogen-bond acceptors (Lipinski definition) is 5. The minimum absolute atomic E-state index is 0.291. The molecule has 140 valence electrons. The van der Waals surface area contributed by atoms with Gasteiger partial charge in [0.05, 0.1) is 19.8 Å². The smallest absolute Gasteiger partial charge is 0.319 e. The molecule has 0 N–H and O–H groups in total. The van der Waals surface area contributed by atoms with Gasteiger partial charge in [0.2, 0.25) is 5.88 Å². The van der Waals surface area contributed by atoms with E-state index in [2.05, 4.69) is 84.4 Å². The summed E-state index contributed by atoms with van der Waals surface area (Å²) >= 11 is 0. The molecule has 1 unspecified atom stereocenters. The van der Waals surface area contributed by atoms with Gasteiger partial charge in [0, 0.05) is 12.2 Å². The molecule has 0 saturated heterocycles. The number of rotatable bonds is 6. The highest BCUT2D eigenvalue weighted by molar-refractivity contribution is 5.72. The molecule has 3 aromatic rings. The first-order chi connectivity index (χ1) is 13.0. The maximum absolute atomic E-state index is 5.38. The van der Waals surface area contributed by atoms with Crippen molar-refractivity contribution >= 4 is 0 Å². The van der Waals surface area contributed by atoms with Crippen LogP contribution >= 0.6 is 0 Å². The first-order valence-corrected chi connectivity index (χ1v) is 8.85. The fourth-order valence-electron chi connectivity index (χ4n) is 2.90. The Labute approximate surface area is 160 Å². The second-order valence-electron chi connectivity index (χ2n) is 6.62. The lowest BCUT2D eigenvalue weighted by atomic mass is 9.99. The van der Waals surface area contributed by atoms with Crippen LogP contribution in [0.3, 0.4) is 0 Å². The molecule has 0 amide bonds. The van der Waals surface area contributed by atoms with Gasteiger partial charge >= 0.3 is 6.01 Å². The average Bonchev–Trinajstić information content (AvgIpc) is 2.73. The van der Waals surface area contributed by atoms with Crippen LogP contribution in [0.5, 0.6) is 11.9 Å². The topological polar surface area (TPSA) is 47.5 Å². The number of methoxy groups -OCH3 is 2. The Balaban J connectivity index is 1.86. The molecule has 1 atom stereocenters. The zero-order valence-corrected chi connectivity index (χ0v) is 16.4. The largest absolute Gasteiger partial charge is 0.480 e. The standard InChI is InChI=1S/C22H25N3O2/c1-15(25(2)3)16-6-8-17(9-7-16)18-10-12-19(13-11-18)20-14-23-22(27-5)24-21(20)26-4/h6-15H,1-5H3. The lowest BCUT2D eigenvalue weighted by Gasteiger charge is -2.20. The third kappa shape index (κ3) is 4.09. The van der Waals surface area contributed by atoms with Gasteiger partial charge in [-0.3, -0.25) is 0 Å². The van der Waals surface area contributed by atoms with E-state index >= 15 is 0 Å². The molecular weight excluding hydrogens is 338 g/mol. The number of benzene rings is 2. The molecular formula is C22H25N3O2. The lowest BCUT2D eigenvalue weighted by Crippen LogP contribution is -2.16. The predicted octanol–water partition coefficient (Wildman–Crippen LogP) is 4.45. The molecule has 0 aliphatic carbocycles. The van der Waals surface area contributed by atoms with E-state index in [0.717, 1.165) is 16.7 Å². The van der Waals surface area contributed by atoms with Crippen molar-refractivity contribution in [1.82, 2.24) is 14.9 Å². The van der Waals surface area contributed by atoms with Crippen LogP contribution in [0, 0.1) is 0 Å². The number of aromatic nitrogens is 2. The maximum Gasteiger partial charge on any atom is 0.319 e. The molecule has 0 aliphatic rings. The first-order valence-electron chi connectivity index (χ1n) is 8.85. The van der Waals surface area contributed by atoms with Crippen molar-refractivity contribution in [2.75, 3.05) is 28.3 Å². The van der Waals surface area contributed by atoms with Gasteiger partial charge in [-0.15, -0.1) is 0 Å². The Morgan fingerprint density at radius 3 is 1.89 bits per heavy atom. The van der Waals surface area contributed by atoms with E-state index in [9.17, 15) is 0 Å². The molecule has 0 spiro atoms. The quantitative estimate of drug-likeness (QED) is 0.647. The first kappa shape index (κ1) is 18.9. The summed E-state index contributed by atoms with van der Waals surface area (Å²) in [4.78, 5) is 10.6. The van der Waals surface area contributed by atoms with Gasteiger partial charge in [0.15, 0.2) is 0 Å². The van der Waals surface area contributed by atoms with Gasteiger partial charge < -0.3 is 14.4 Å². The van der Waals surface area contributed by atoms with Gasteiger partial charge in [-0.2, -0.15) is 4.98 Å². The van der Waals surface area contributed by atoms with Crippen LogP contribution in [0.4, 0.5) is 0 Å². The summed E-state index contributed by atoms with van der Waals surface area (Å²) in [5.41, 5.74) is 5.49. The zero-order chi connectivity index (χ0) is 19.4. The highest BCUT2D eigenvalue weighted by atomic mass is 16.5. The van der Waals surface area contributed by atoms with E-state index < -0.39 is 0 Å². The molecule has 3 rings (SSSR count). The fraction of sp³-hybridized carbons (Fsp3) is 0.273. The summed E-state index contributed by atoms with van der Waals surface area (Å²) < 4.78 is 10.4. The van der Waals surface area contributed by atoms with Crippen LogP contribution in [0.25, 0.3) is 22.3 Å². The number of ether oxygens (including phenoxy) is 2. The van der Waals surface area contributed by atoms with Crippen molar-refractivity contribution in [2.24, 2.45) is 0 Å². The SMILES string of the molecule is COc1ncc(-c2ccc(-c3ccc(C(C)N(C)C)cc3)cc2)c(OC)n1. The van der Waals surface area contributed by atoms with Crippen molar-refractivity contribution in [3.8, 4) is 34.1 Å². The Hall–Kier alpha value is -2.92. The van der Waals surface area contributed by atoms with E-state index in [-0.39, 0.29) is 0 Å². The molecule has 27 heavy (non-hydrogen) atoms. The Morgan fingerprint density at radius 1 is 0.815 bits per heavy atom. The van der Waals surface area contributed by atoms with Gasteiger partial charge in [-0.25, -0.2) is 4.98 Å². The molecule has 5 nitrogen and oxygen atoms in total. The summed E-state index contributed by atoms with van der Waals surface area (Å²) in [6.07, 6.45) is 1.72. The summed E-state index contributed by atoms with van der Waals surface area (Å²) in [7, 11) is 7.31. The van der Waals surface area contributed by atoms with Gasteiger partial charge in [0.1, 0.15) is 0 Å². The molecule has 1 aromatic heterocycles. The summed E-state index contributed by atoms with van der Waals surface area (Å²) in [5, 5.41) is 0. The van der Waals surface area contributed by atoms with Gasteiger partial charge in [-0.05, 0) is 43.3 Å². The monoisotopic (exact) mass is 363 g/mol. The third-order valence-corrected chi connectivity index (χ3v) is 4.80. The van der Waals surface area contributed by atoms with Crippen molar-refractivity contribution < 1.29 is 9.47 Å². The molecule has 2 aromatic carbocycles. The minimum Gasteiger partial charge on any atom is -0.480 e. The van der Waals surface area contributed by atoms with Gasteiger partial charge in [0.25, 0.3) is 0 Å². The normalized spacial score (nSPS) is 12.1. The van der Waals surface area contributed by atoms with E-state index in [1.54, 1.807) is 13.3 Å². The Morgan fingerprint density at radius 2 is 1.37 bits per heavy atom. The second-order valence-corrected chi connectivity index (χ2v) is 6.62. The van der Waals surface area contributed by atoms with Crippen molar-refractivity contribution in [3.63, 3.8) is 0 Å². The van der Waals surface area contributed by atoms with Crippen LogP contribution in [-0.2, 0) is 0 Å². The summed E-state index contributed by atoms with van der Waals surface area (Å²) in [6.45, 7) is 2.20. The highest BCUT2D eigenvalue weighted by Gasteiger charge is 2.11. The molecule has 0 bridgehead atoms. The molecule has 0 radical (unpaired) electrons. The highest BCUT2D eigenvalue weighted by Crippen LogP contribution is 2.31. The van der Waals surface area contributed by atoms with E-state index in [1.165, 1.54) is 18.2 Å². The van der Waals surface area contributed by atoms with Crippen LogP contribution in [-0.4, -0.2) is 43.2 Å². The van der Waals surface area contributed by atoms with E-state index in [0.29, 0.717) is 17.9 Å². The summed E-state index contributed by atoms with van der Waals surface area (Å²) in [5.74, 6) is 0.497. The van der Waals surface area contributed by atoms with E-state index in [1.807, 2.05) is 0 Å². The van der Waals surface area contributed by atoms with Crippen LogP contribution in [0.1, 0.15) is 18.5 Å². The molecule has 0 fully saturated rings.